The minimum atomic E-state index is -0.448. The first kappa shape index (κ1) is 15.3. The van der Waals surface area contributed by atoms with Gasteiger partial charge in [-0.1, -0.05) is 48.5 Å². The van der Waals surface area contributed by atoms with E-state index in [0.29, 0.717) is 6.54 Å². The summed E-state index contributed by atoms with van der Waals surface area (Å²) in [7, 11) is 1.41. The van der Waals surface area contributed by atoms with Crippen LogP contribution in [0.1, 0.15) is 28.3 Å². The molecule has 0 amide bonds. The lowest BCUT2D eigenvalue weighted by Gasteiger charge is -2.18. The van der Waals surface area contributed by atoms with Crippen molar-refractivity contribution in [2.24, 2.45) is 0 Å². The van der Waals surface area contributed by atoms with Gasteiger partial charge in [0, 0.05) is 6.54 Å². The van der Waals surface area contributed by atoms with E-state index < -0.39 is 6.04 Å². The number of esters is 1. The highest BCUT2D eigenvalue weighted by Gasteiger charge is 2.20. The van der Waals surface area contributed by atoms with Crippen molar-refractivity contribution in [3.05, 3.63) is 70.8 Å². The zero-order valence-electron chi connectivity index (χ0n) is 12.7. The highest BCUT2D eigenvalue weighted by atomic mass is 16.5. The fourth-order valence-corrected chi connectivity index (χ4v) is 2.32. The van der Waals surface area contributed by atoms with Gasteiger partial charge in [-0.15, -0.1) is 0 Å². The Bertz CT molecular complexity index is 608. The number of rotatable bonds is 5. The molecule has 3 heteroatoms. The molecule has 0 heterocycles. The maximum absolute atomic E-state index is 12.0. The number of nitrogens with one attached hydrogen (secondary N) is 1. The summed E-state index contributed by atoms with van der Waals surface area (Å²) < 4.78 is 4.91. The SMILES string of the molecule is COC(=O)C(NCc1cccc(C)c1C)c1ccccc1. The number of carbonyl (C=O) groups excluding carboxylic acids is 1. The molecule has 0 spiro atoms. The first-order chi connectivity index (χ1) is 10.1. The van der Waals surface area contributed by atoms with Crippen LogP contribution in [0.15, 0.2) is 48.5 Å². The van der Waals surface area contributed by atoms with E-state index in [1.807, 2.05) is 36.4 Å². The van der Waals surface area contributed by atoms with Crippen molar-refractivity contribution < 1.29 is 9.53 Å². The molecular weight excluding hydrogens is 262 g/mol. The predicted octanol–water partition coefficient (Wildman–Crippen LogP) is 3.31. The molecule has 0 radical (unpaired) electrons. The van der Waals surface area contributed by atoms with Crippen LogP contribution in [0.5, 0.6) is 0 Å². The zero-order chi connectivity index (χ0) is 15.2. The van der Waals surface area contributed by atoms with Crippen LogP contribution < -0.4 is 5.32 Å². The molecule has 21 heavy (non-hydrogen) atoms. The van der Waals surface area contributed by atoms with Gasteiger partial charge < -0.3 is 4.74 Å². The van der Waals surface area contributed by atoms with Crippen molar-refractivity contribution in [2.45, 2.75) is 26.4 Å². The molecule has 0 aliphatic carbocycles. The Morgan fingerprint density at radius 1 is 1.10 bits per heavy atom. The second kappa shape index (κ2) is 7.04. The molecule has 0 aliphatic heterocycles. The van der Waals surface area contributed by atoms with Gasteiger partial charge in [-0.25, -0.2) is 4.79 Å². The number of hydrogen-bond donors (Lipinski definition) is 1. The van der Waals surface area contributed by atoms with Gasteiger partial charge in [0.15, 0.2) is 0 Å². The van der Waals surface area contributed by atoms with E-state index in [-0.39, 0.29) is 5.97 Å². The third-order valence-corrected chi connectivity index (χ3v) is 3.78. The fraction of sp³-hybridized carbons (Fsp3) is 0.278. The highest BCUT2D eigenvalue weighted by molar-refractivity contribution is 5.77. The quantitative estimate of drug-likeness (QED) is 0.856. The van der Waals surface area contributed by atoms with E-state index in [1.165, 1.54) is 23.8 Å². The molecule has 0 saturated heterocycles. The summed E-state index contributed by atoms with van der Waals surface area (Å²) >= 11 is 0. The van der Waals surface area contributed by atoms with Crippen LogP contribution in [-0.4, -0.2) is 13.1 Å². The maximum Gasteiger partial charge on any atom is 0.327 e. The van der Waals surface area contributed by atoms with Crippen LogP contribution in [0.3, 0.4) is 0 Å². The van der Waals surface area contributed by atoms with Gasteiger partial charge in [-0.3, -0.25) is 5.32 Å². The standard InChI is InChI=1S/C18H21NO2/c1-13-8-7-11-16(14(13)2)12-19-17(18(20)21-3)15-9-5-4-6-10-15/h4-11,17,19H,12H2,1-3H3. The van der Waals surface area contributed by atoms with Gasteiger partial charge in [-0.05, 0) is 36.1 Å². The van der Waals surface area contributed by atoms with Crippen LogP contribution in [0.25, 0.3) is 0 Å². The molecule has 2 aromatic rings. The second-order valence-corrected chi connectivity index (χ2v) is 5.11. The number of carbonyl (C=O) groups is 1. The van der Waals surface area contributed by atoms with E-state index in [9.17, 15) is 4.79 Å². The largest absolute Gasteiger partial charge is 0.468 e. The fourth-order valence-electron chi connectivity index (χ4n) is 2.32. The van der Waals surface area contributed by atoms with E-state index in [4.69, 9.17) is 4.74 Å². The average Bonchev–Trinajstić information content (AvgIpc) is 2.52. The van der Waals surface area contributed by atoms with Gasteiger partial charge >= 0.3 is 5.97 Å². The van der Waals surface area contributed by atoms with Crippen molar-refractivity contribution in [3.8, 4) is 0 Å². The summed E-state index contributed by atoms with van der Waals surface area (Å²) in [5, 5.41) is 3.30. The maximum atomic E-state index is 12.0. The summed E-state index contributed by atoms with van der Waals surface area (Å²) in [5.41, 5.74) is 4.61. The van der Waals surface area contributed by atoms with Gasteiger partial charge in [-0.2, -0.15) is 0 Å². The number of aryl methyl sites for hydroxylation is 1. The molecule has 2 aromatic carbocycles. The molecule has 1 atom stereocenters. The van der Waals surface area contributed by atoms with E-state index in [1.54, 1.807) is 0 Å². The highest BCUT2D eigenvalue weighted by Crippen LogP contribution is 2.17. The van der Waals surface area contributed by atoms with Crippen LogP contribution in [0.2, 0.25) is 0 Å². The van der Waals surface area contributed by atoms with E-state index in [0.717, 1.165) is 5.56 Å². The van der Waals surface area contributed by atoms with Gasteiger partial charge in [0.1, 0.15) is 6.04 Å². The van der Waals surface area contributed by atoms with Gasteiger partial charge in [0.25, 0.3) is 0 Å². The van der Waals surface area contributed by atoms with Crippen molar-refractivity contribution in [1.29, 1.82) is 0 Å². The van der Waals surface area contributed by atoms with E-state index >= 15 is 0 Å². The Balaban J connectivity index is 2.17. The smallest absolute Gasteiger partial charge is 0.327 e. The van der Waals surface area contributed by atoms with Crippen molar-refractivity contribution >= 4 is 5.97 Å². The summed E-state index contributed by atoms with van der Waals surface area (Å²) in [6.45, 7) is 4.82. The van der Waals surface area contributed by atoms with Crippen LogP contribution >= 0.6 is 0 Å². The molecule has 1 N–H and O–H groups in total. The molecule has 0 aromatic heterocycles. The lowest BCUT2D eigenvalue weighted by atomic mass is 10.0. The first-order valence-corrected chi connectivity index (χ1v) is 7.04. The molecule has 1 unspecified atom stereocenters. The number of hydrogen-bond acceptors (Lipinski definition) is 3. The monoisotopic (exact) mass is 283 g/mol. The Labute approximate surface area is 126 Å². The Kier molecular flexibility index (Phi) is 5.12. The summed E-state index contributed by atoms with van der Waals surface area (Å²) in [6, 6.07) is 15.4. The zero-order valence-corrected chi connectivity index (χ0v) is 12.7. The number of ether oxygens (including phenoxy) is 1. The minimum absolute atomic E-state index is 0.272. The Hall–Kier alpha value is -2.13. The predicted molar refractivity (Wildman–Crippen MR) is 84.0 cm³/mol. The van der Waals surface area contributed by atoms with Gasteiger partial charge in [0.2, 0.25) is 0 Å². The van der Waals surface area contributed by atoms with Crippen LogP contribution in [0.4, 0.5) is 0 Å². The molecular formula is C18H21NO2. The van der Waals surface area contributed by atoms with Crippen LogP contribution in [0, 0.1) is 13.8 Å². The number of benzene rings is 2. The second-order valence-electron chi connectivity index (χ2n) is 5.11. The molecule has 2 rings (SSSR count). The summed E-state index contributed by atoms with van der Waals surface area (Å²) in [4.78, 5) is 12.0. The molecule has 0 saturated carbocycles. The third-order valence-electron chi connectivity index (χ3n) is 3.78. The van der Waals surface area contributed by atoms with Crippen molar-refractivity contribution in [2.75, 3.05) is 7.11 Å². The molecule has 3 nitrogen and oxygen atoms in total. The Morgan fingerprint density at radius 2 is 1.81 bits per heavy atom. The number of methoxy groups -OCH3 is 1. The molecule has 0 bridgehead atoms. The lowest BCUT2D eigenvalue weighted by molar-refractivity contribution is -0.143. The Morgan fingerprint density at radius 3 is 2.48 bits per heavy atom. The van der Waals surface area contributed by atoms with Crippen molar-refractivity contribution in [3.63, 3.8) is 0 Å². The normalized spacial score (nSPS) is 12.0. The minimum Gasteiger partial charge on any atom is -0.468 e. The molecule has 0 aliphatic rings. The topological polar surface area (TPSA) is 38.3 Å². The summed E-state index contributed by atoms with van der Waals surface area (Å²) in [6.07, 6.45) is 0. The molecule has 0 fully saturated rings. The average molecular weight is 283 g/mol. The summed E-state index contributed by atoms with van der Waals surface area (Å²) in [5.74, 6) is -0.272. The third kappa shape index (κ3) is 3.70. The first-order valence-electron chi connectivity index (χ1n) is 7.04. The molecule has 110 valence electrons. The van der Waals surface area contributed by atoms with E-state index in [2.05, 4.69) is 31.3 Å². The van der Waals surface area contributed by atoms with Crippen LogP contribution in [-0.2, 0) is 16.1 Å². The van der Waals surface area contributed by atoms with Gasteiger partial charge in [0.05, 0.1) is 7.11 Å². The lowest BCUT2D eigenvalue weighted by Crippen LogP contribution is -2.29. The van der Waals surface area contributed by atoms with Crippen molar-refractivity contribution in [1.82, 2.24) is 5.32 Å².